The zero-order chi connectivity index (χ0) is 22.5. The zero-order valence-corrected chi connectivity index (χ0v) is 20.7. The highest BCUT2D eigenvalue weighted by Gasteiger charge is 2.39. The minimum absolute atomic E-state index is 0.0355. The number of carbonyl (C=O) groups excluding carboxylic acids is 1. The maximum absolute atomic E-state index is 13.8. The van der Waals surface area contributed by atoms with E-state index < -0.39 is 10.0 Å². The van der Waals surface area contributed by atoms with Crippen LogP contribution in [0.1, 0.15) is 31.9 Å². The van der Waals surface area contributed by atoms with Crippen LogP contribution in [0.15, 0.2) is 45.8 Å². The molecule has 1 amide bonds. The van der Waals surface area contributed by atoms with Gasteiger partial charge in [0.2, 0.25) is 15.9 Å². The number of fused-ring (bicyclic) bond motifs is 1. The van der Waals surface area contributed by atoms with Gasteiger partial charge in [-0.15, -0.1) is 0 Å². The van der Waals surface area contributed by atoms with Gasteiger partial charge in [0.05, 0.1) is 5.69 Å². The molecule has 8 heteroatoms. The lowest BCUT2D eigenvalue weighted by Gasteiger charge is -2.41. The lowest BCUT2D eigenvalue weighted by Crippen LogP contribution is -2.53. The first-order valence-electron chi connectivity index (χ1n) is 10.5. The lowest BCUT2D eigenvalue weighted by molar-refractivity contribution is -0.116. The number of halogens is 1. The fourth-order valence-electron chi connectivity index (χ4n) is 4.82. The minimum Gasteiger partial charge on any atom is -0.366 e. The van der Waals surface area contributed by atoms with E-state index in [1.807, 2.05) is 19.1 Å². The molecule has 2 aromatic carbocycles. The van der Waals surface area contributed by atoms with Crippen molar-refractivity contribution in [2.45, 2.75) is 51.1 Å². The third kappa shape index (κ3) is 4.01. The van der Waals surface area contributed by atoms with Gasteiger partial charge in [0, 0.05) is 48.8 Å². The molecule has 2 aliphatic rings. The van der Waals surface area contributed by atoms with Crippen molar-refractivity contribution in [2.75, 3.05) is 29.4 Å². The summed E-state index contributed by atoms with van der Waals surface area (Å²) in [6.07, 6.45) is 0.647. The molecular formula is C23H28BrN3O3S. The Hall–Kier alpha value is -1.90. The molecule has 2 atom stereocenters. The van der Waals surface area contributed by atoms with Gasteiger partial charge in [-0.1, -0.05) is 28.1 Å². The van der Waals surface area contributed by atoms with Crippen LogP contribution < -0.4 is 9.80 Å². The molecule has 0 saturated carbocycles. The van der Waals surface area contributed by atoms with E-state index in [1.54, 1.807) is 15.3 Å². The van der Waals surface area contributed by atoms with Gasteiger partial charge in [0.15, 0.2) is 0 Å². The number of hydrogen-bond acceptors (Lipinski definition) is 4. The Morgan fingerprint density at radius 3 is 2.48 bits per heavy atom. The van der Waals surface area contributed by atoms with E-state index in [9.17, 15) is 13.2 Å². The van der Waals surface area contributed by atoms with Crippen molar-refractivity contribution in [1.82, 2.24) is 4.31 Å². The van der Waals surface area contributed by atoms with Crippen molar-refractivity contribution >= 4 is 43.2 Å². The van der Waals surface area contributed by atoms with Gasteiger partial charge in [-0.05, 0) is 62.6 Å². The zero-order valence-electron chi connectivity index (χ0n) is 18.3. The molecule has 4 rings (SSSR count). The standard InChI is InChI=1S/C23H28BrN3O3S/c1-15-6-5-7-21(10-15)26-9-8-25(14-17(26)3)31(29,30)22-13-20(24)12-19-11-16(2)27(18(4)28)23(19)22/h5-7,10,12-13,16-17H,8-9,11,14H2,1-4H3/t16-,17+/m0/s1. The summed E-state index contributed by atoms with van der Waals surface area (Å²) in [7, 11) is -3.76. The second kappa shape index (κ2) is 8.22. The Bertz CT molecular complexity index is 1130. The van der Waals surface area contributed by atoms with Gasteiger partial charge >= 0.3 is 0 Å². The third-order valence-corrected chi connectivity index (χ3v) is 8.53. The lowest BCUT2D eigenvalue weighted by atomic mass is 10.1. The Morgan fingerprint density at radius 2 is 1.84 bits per heavy atom. The smallest absolute Gasteiger partial charge is 0.245 e. The average Bonchev–Trinajstić information content (AvgIpc) is 3.02. The molecule has 2 heterocycles. The molecule has 31 heavy (non-hydrogen) atoms. The first-order valence-corrected chi connectivity index (χ1v) is 12.8. The Balaban J connectivity index is 1.67. The number of benzene rings is 2. The summed E-state index contributed by atoms with van der Waals surface area (Å²) in [5.41, 5.74) is 3.73. The molecule has 0 N–H and O–H groups in total. The van der Waals surface area contributed by atoms with Crippen LogP contribution in [0.2, 0.25) is 0 Å². The second-order valence-corrected chi connectivity index (χ2v) is 11.4. The summed E-state index contributed by atoms with van der Waals surface area (Å²) in [4.78, 5) is 16.4. The predicted molar refractivity (Wildman–Crippen MR) is 127 cm³/mol. The Kier molecular flexibility index (Phi) is 5.91. The summed E-state index contributed by atoms with van der Waals surface area (Å²) in [5.74, 6) is -0.136. The first kappa shape index (κ1) is 22.3. The number of rotatable bonds is 3. The number of sulfonamides is 1. The van der Waals surface area contributed by atoms with Gasteiger partial charge in [-0.3, -0.25) is 4.79 Å². The fraction of sp³-hybridized carbons (Fsp3) is 0.435. The SMILES string of the molecule is CC(=O)N1c2c(cc(Br)cc2S(=O)(=O)N2CCN(c3cccc(C)c3)[C@H](C)C2)C[C@@H]1C. The fourth-order valence-corrected chi connectivity index (χ4v) is 7.24. The average molecular weight is 506 g/mol. The van der Waals surface area contributed by atoms with Crippen molar-refractivity contribution < 1.29 is 13.2 Å². The van der Waals surface area contributed by atoms with E-state index in [0.29, 0.717) is 36.2 Å². The van der Waals surface area contributed by atoms with E-state index >= 15 is 0 Å². The summed E-state index contributed by atoms with van der Waals surface area (Å²) in [6.45, 7) is 8.97. The van der Waals surface area contributed by atoms with Crippen molar-refractivity contribution in [3.8, 4) is 0 Å². The molecule has 166 valence electrons. The Labute approximate surface area is 193 Å². The van der Waals surface area contributed by atoms with Crippen molar-refractivity contribution in [1.29, 1.82) is 0 Å². The highest BCUT2D eigenvalue weighted by molar-refractivity contribution is 9.10. The second-order valence-electron chi connectivity index (χ2n) is 8.60. The number of anilines is 2. The van der Waals surface area contributed by atoms with Crippen molar-refractivity contribution in [2.24, 2.45) is 0 Å². The van der Waals surface area contributed by atoms with Crippen LogP contribution in [0.3, 0.4) is 0 Å². The third-order valence-electron chi connectivity index (χ3n) is 6.20. The van der Waals surface area contributed by atoms with Gasteiger partial charge in [0.25, 0.3) is 0 Å². The first-order chi connectivity index (χ1) is 14.6. The van der Waals surface area contributed by atoms with Gasteiger partial charge in [-0.2, -0.15) is 4.31 Å². The van der Waals surface area contributed by atoms with Crippen LogP contribution in [0, 0.1) is 6.92 Å². The summed E-state index contributed by atoms with van der Waals surface area (Å²) in [6, 6.07) is 11.8. The molecular weight excluding hydrogens is 478 g/mol. The molecule has 0 bridgehead atoms. The molecule has 1 saturated heterocycles. The Morgan fingerprint density at radius 1 is 1.10 bits per heavy atom. The molecule has 0 aliphatic carbocycles. The van der Waals surface area contributed by atoms with Gasteiger partial charge in [0.1, 0.15) is 4.90 Å². The number of aryl methyl sites for hydroxylation is 1. The summed E-state index contributed by atoms with van der Waals surface area (Å²) >= 11 is 3.47. The quantitative estimate of drug-likeness (QED) is 0.633. The maximum atomic E-state index is 13.8. The number of nitrogens with zero attached hydrogens (tertiary/aromatic N) is 3. The molecule has 6 nitrogen and oxygen atoms in total. The predicted octanol–water partition coefficient (Wildman–Crippen LogP) is 3.95. The van der Waals surface area contributed by atoms with Crippen LogP contribution >= 0.6 is 15.9 Å². The topological polar surface area (TPSA) is 60.9 Å². The molecule has 0 unspecified atom stereocenters. The van der Waals surface area contributed by atoms with E-state index in [0.717, 1.165) is 11.3 Å². The molecule has 0 radical (unpaired) electrons. The largest absolute Gasteiger partial charge is 0.366 e. The van der Waals surface area contributed by atoms with Crippen molar-refractivity contribution in [3.05, 3.63) is 52.0 Å². The molecule has 2 aromatic rings. The number of hydrogen-bond donors (Lipinski definition) is 0. The number of carbonyl (C=O) groups is 1. The minimum atomic E-state index is -3.76. The van der Waals surface area contributed by atoms with E-state index in [4.69, 9.17) is 0 Å². The van der Waals surface area contributed by atoms with Gasteiger partial charge in [-0.25, -0.2) is 8.42 Å². The number of piperazine rings is 1. The highest BCUT2D eigenvalue weighted by Crippen LogP contribution is 2.41. The van der Waals surface area contributed by atoms with E-state index in [1.165, 1.54) is 12.5 Å². The summed E-state index contributed by atoms with van der Waals surface area (Å²) < 4.78 is 29.8. The van der Waals surface area contributed by atoms with Crippen molar-refractivity contribution in [3.63, 3.8) is 0 Å². The number of amides is 1. The maximum Gasteiger partial charge on any atom is 0.245 e. The van der Waals surface area contributed by atoms with Crippen LogP contribution in [0.4, 0.5) is 11.4 Å². The monoisotopic (exact) mass is 505 g/mol. The highest BCUT2D eigenvalue weighted by atomic mass is 79.9. The molecule has 2 aliphatic heterocycles. The van der Waals surface area contributed by atoms with E-state index in [2.05, 4.69) is 52.9 Å². The molecule has 0 aromatic heterocycles. The summed E-state index contributed by atoms with van der Waals surface area (Å²) in [5, 5.41) is 0. The van der Waals surface area contributed by atoms with Crippen LogP contribution in [0.25, 0.3) is 0 Å². The van der Waals surface area contributed by atoms with Gasteiger partial charge < -0.3 is 9.80 Å². The molecule has 1 fully saturated rings. The van der Waals surface area contributed by atoms with Crippen LogP contribution in [0.5, 0.6) is 0 Å². The van der Waals surface area contributed by atoms with Crippen LogP contribution in [-0.4, -0.2) is 50.3 Å². The van der Waals surface area contributed by atoms with Crippen LogP contribution in [-0.2, 0) is 21.2 Å². The normalized spacial score (nSPS) is 22.0. The molecule has 0 spiro atoms. The van der Waals surface area contributed by atoms with E-state index in [-0.39, 0.29) is 22.9 Å².